The highest BCUT2D eigenvalue weighted by atomic mass is 35.5. The lowest BCUT2D eigenvalue weighted by Crippen LogP contribution is -2.43. The lowest BCUT2D eigenvalue weighted by molar-refractivity contribution is 0.590. The number of nitrogens with zero attached hydrogens (tertiary/aromatic N) is 2. The summed E-state index contributed by atoms with van der Waals surface area (Å²) in [6.07, 6.45) is 0. The number of anilines is 1. The first-order valence-electron chi connectivity index (χ1n) is 6.80. The third-order valence-electron chi connectivity index (χ3n) is 3.86. The first-order valence-corrected chi connectivity index (χ1v) is 7.55. The Labute approximate surface area is 128 Å². The van der Waals surface area contributed by atoms with Gasteiger partial charge in [0.15, 0.2) is 0 Å². The number of benzene rings is 1. The molecule has 0 saturated carbocycles. The Balaban J connectivity index is 2.28. The second-order valence-corrected chi connectivity index (χ2v) is 5.95. The highest BCUT2D eigenvalue weighted by Crippen LogP contribution is 2.38. The Kier molecular flexibility index (Phi) is 3.76. The second kappa shape index (κ2) is 5.40. The van der Waals surface area contributed by atoms with E-state index < -0.39 is 0 Å². The van der Waals surface area contributed by atoms with Crippen molar-refractivity contribution in [2.75, 3.05) is 31.1 Å². The van der Waals surface area contributed by atoms with Gasteiger partial charge >= 0.3 is 0 Å². The van der Waals surface area contributed by atoms with Crippen LogP contribution in [0.3, 0.4) is 0 Å². The zero-order chi connectivity index (χ0) is 14.3. The number of hydrogen-bond donors (Lipinski definition) is 1. The van der Waals surface area contributed by atoms with E-state index in [1.54, 1.807) is 0 Å². The predicted molar refractivity (Wildman–Crippen MR) is 86.3 cm³/mol. The second-order valence-electron chi connectivity index (χ2n) is 5.17. The summed E-state index contributed by atoms with van der Waals surface area (Å²) in [5.74, 6) is 0. The fourth-order valence-corrected chi connectivity index (χ4v) is 3.13. The quantitative estimate of drug-likeness (QED) is 0.873. The topological polar surface area (TPSA) is 28.2 Å². The van der Waals surface area contributed by atoms with Crippen LogP contribution in [0.5, 0.6) is 0 Å². The number of nitrogens with one attached hydrogen (secondary N) is 1. The molecule has 1 fully saturated rings. The van der Waals surface area contributed by atoms with Crippen LogP contribution in [-0.4, -0.2) is 31.2 Å². The number of fused-ring (bicyclic) bond motifs is 1. The predicted octanol–water partition coefficient (Wildman–Crippen LogP) is 3.57. The molecule has 0 unspecified atom stereocenters. The van der Waals surface area contributed by atoms with Crippen molar-refractivity contribution < 1.29 is 0 Å². The smallest absolute Gasteiger partial charge is 0.0858 e. The maximum Gasteiger partial charge on any atom is 0.0858 e. The van der Waals surface area contributed by atoms with E-state index >= 15 is 0 Å². The molecular weight excluding hydrogens is 293 g/mol. The van der Waals surface area contributed by atoms with E-state index in [-0.39, 0.29) is 0 Å². The Morgan fingerprint density at radius 1 is 1.15 bits per heavy atom. The number of halogens is 2. The normalized spacial score (nSPS) is 15.9. The van der Waals surface area contributed by atoms with Crippen LogP contribution in [0.15, 0.2) is 12.1 Å². The minimum atomic E-state index is 0.748. The standard InChI is InChI=1S/C15H17Cl2N3/c1-9-12(16)4-3-11-14(9)19-10(2)13(17)15(11)20-7-5-18-6-8-20/h3-4,18H,5-8H2,1-2H3. The SMILES string of the molecule is Cc1nc2c(C)c(Cl)ccc2c(N2CCNCC2)c1Cl. The van der Waals surface area contributed by atoms with Crippen molar-refractivity contribution in [3.63, 3.8) is 0 Å². The fourth-order valence-electron chi connectivity index (χ4n) is 2.71. The summed E-state index contributed by atoms with van der Waals surface area (Å²) in [4.78, 5) is 6.97. The van der Waals surface area contributed by atoms with Crippen LogP contribution in [0.1, 0.15) is 11.3 Å². The van der Waals surface area contributed by atoms with Gasteiger partial charge in [0.05, 0.1) is 21.9 Å². The molecule has 5 heteroatoms. The molecule has 1 aliphatic rings. The van der Waals surface area contributed by atoms with E-state index in [2.05, 4.69) is 15.2 Å². The third kappa shape index (κ3) is 2.24. The molecule has 1 saturated heterocycles. The summed E-state index contributed by atoms with van der Waals surface area (Å²) in [5.41, 5.74) is 3.92. The zero-order valence-electron chi connectivity index (χ0n) is 11.6. The highest BCUT2D eigenvalue weighted by molar-refractivity contribution is 6.36. The lowest BCUT2D eigenvalue weighted by Gasteiger charge is -2.31. The van der Waals surface area contributed by atoms with Crippen molar-refractivity contribution in [1.82, 2.24) is 10.3 Å². The minimum absolute atomic E-state index is 0.748. The van der Waals surface area contributed by atoms with E-state index in [1.165, 1.54) is 0 Å². The zero-order valence-corrected chi connectivity index (χ0v) is 13.1. The largest absolute Gasteiger partial charge is 0.367 e. The van der Waals surface area contributed by atoms with Gasteiger partial charge in [0.1, 0.15) is 0 Å². The van der Waals surface area contributed by atoms with Crippen LogP contribution in [0.25, 0.3) is 10.9 Å². The van der Waals surface area contributed by atoms with E-state index in [4.69, 9.17) is 23.2 Å². The van der Waals surface area contributed by atoms with Gasteiger partial charge in [-0.25, -0.2) is 0 Å². The molecule has 20 heavy (non-hydrogen) atoms. The molecule has 3 nitrogen and oxygen atoms in total. The van der Waals surface area contributed by atoms with Gasteiger partial charge in [0.2, 0.25) is 0 Å². The van der Waals surface area contributed by atoms with Crippen molar-refractivity contribution in [3.05, 3.63) is 33.4 Å². The average Bonchev–Trinajstić information content (AvgIpc) is 2.46. The van der Waals surface area contributed by atoms with Crippen LogP contribution >= 0.6 is 23.2 Å². The first kappa shape index (κ1) is 13.9. The van der Waals surface area contributed by atoms with Crippen LogP contribution < -0.4 is 10.2 Å². The molecular formula is C15H17Cl2N3. The molecule has 0 atom stereocenters. The van der Waals surface area contributed by atoms with Crippen molar-refractivity contribution in [2.24, 2.45) is 0 Å². The maximum atomic E-state index is 6.54. The third-order valence-corrected chi connectivity index (χ3v) is 4.72. The summed E-state index contributed by atoms with van der Waals surface area (Å²) in [5, 5.41) is 5.95. The summed E-state index contributed by atoms with van der Waals surface area (Å²) in [6, 6.07) is 3.96. The molecule has 0 aliphatic carbocycles. The summed E-state index contributed by atoms with van der Waals surface area (Å²) >= 11 is 12.8. The van der Waals surface area contributed by atoms with Gasteiger partial charge in [-0.2, -0.15) is 0 Å². The summed E-state index contributed by atoms with van der Waals surface area (Å²) in [7, 11) is 0. The number of aryl methyl sites for hydroxylation is 2. The van der Waals surface area contributed by atoms with Gasteiger partial charge in [-0.15, -0.1) is 0 Å². The number of pyridine rings is 1. The van der Waals surface area contributed by atoms with Gasteiger partial charge in [0, 0.05) is 36.6 Å². The molecule has 2 aromatic rings. The van der Waals surface area contributed by atoms with Crippen molar-refractivity contribution >= 4 is 39.8 Å². The number of aromatic nitrogens is 1. The van der Waals surface area contributed by atoms with E-state index in [1.807, 2.05) is 26.0 Å². The fraction of sp³-hybridized carbons (Fsp3) is 0.400. The van der Waals surface area contributed by atoms with E-state index in [0.29, 0.717) is 0 Å². The van der Waals surface area contributed by atoms with Crippen LogP contribution in [0.2, 0.25) is 10.0 Å². The highest BCUT2D eigenvalue weighted by Gasteiger charge is 2.20. The molecule has 106 valence electrons. The number of piperazine rings is 1. The van der Waals surface area contributed by atoms with Crippen LogP contribution in [0.4, 0.5) is 5.69 Å². The number of hydrogen-bond acceptors (Lipinski definition) is 3. The summed E-state index contributed by atoms with van der Waals surface area (Å²) < 4.78 is 0. The van der Waals surface area contributed by atoms with Gasteiger partial charge in [0.25, 0.3) is 0 Å². The molecule has 0 amide bonds. The van der Waals surface area contributed by atoms with E-state index in [9.17, 15) is 0 Å². The Morgan fingerprint density at radius 3 is 2.55 bits per heavy atom. The maximum absolute atomic E-state index is 6.54. The van der Waals surface area contributed by atoms with Crippen molar-refractivity contribution in [3.8, 4) is 0 Å². The molecule has 0 bridgehead atoms. The average molecular weight is 310 g/mol. The van der Waals surface area contributed by atoms with Crippen molar-refractivity contribution in [1.29, 1.82) is 0 Å². The molecule has 3 rings (SSSR count). The number of rotatable bonds is 1. The van der Waals surface area contributed by atoms with Gasteiger partial charge in [-0.3, -0.25) is 4.98 Å². The summed E-state index contributed by atoms with van der Waals surface area (Å²) in [6.45, 7) is 7.83. The molecule has 0 spiro atoms. The molecule has 2 heterocycles. The molecule has 1 aromatic heterocycles. The molecule has 1 N–H and O–H groups in total. The lowest BCUT2D eigenvalue weighted by atomic mass is 10.1. The Bertz CT molecular complexity index is 664. The van der Waals surface area contributed by atoms with Crippen molar-refractivity contribution in [2.45, 2.75) is 13.8 Å². The molecule has 1 aliphatic heterocycles. The Morgan fingerprint density at radius 2 is 1.85 bits per heavy atom. The monoisotopic (exact) mass is 309 g/mol. The van der Waals surface area contributed by atoms with Crippen LogP contribution in [0, 0.1) is 13.8 Å². The molecule has 1 aromatic carbocycles. The minimum Gasteiger partial charge on any atom is -0.367 e. The Hall–Kier alpha value is -1.03. The van der Waals surface area contributed by atoms with Crippen LogP contribution in [-0.2, 0) is 0 Å². The van der Waals surface area contributed by atoms with E-state index in [0.717, 1.165) is 64.1 Å². The molecule has 0 radical (unpaired) electrons. The van der Waals surface area contributed by atoms with Gasteiger partial charge < -0.3 is 10.2 Å². The van der Waals surface area contributed by atoms with Gasteiger partial charge in [-0.05, 0) is 31.5 Å². The first-order chi connectivity index (χ1) is 9.59. The van der Waals surface area contributed by atoms with Gasteiger partial charge in [-0.1, -0.05) is 23.2 Å².